The third-order valence-electron chi connectivity index (χ3n) is 6.27. The second-order valence-electron chi connectivity index (χ2n) is 8.47. The molecule has 5 rings (SSSR count). The molecule has 3 aromatic rings. The van der Waals surface area contributed by atoms with Crippen molar-refractivity contribution in [3.05, 3.63) is 72.6 Å². The molecular formula is C23H21F3N4O2S. The van der Waals surface area contributed by atoms with Crippen LogP contribution < -0.4 is 4.90 Å². The molecule has 0 radical (unpaired) electrons. The van der Waals surface area contributed by atoms with Crippen LogP contribution in [0.4, 0.5) is 18.9 Å². The lowest BCUT2D eigenvalue weighted by Crippen LogP contribution is -2.32. The van der Waals surface area contributed by atoms with Crippen molar-refractivity contribution in [2.24, 2.45) is 0 Å². The Balaban J connectivity index is 1.33. The van der Waals surface area contributed by atoms with Gasteiger partial charge in [-0.3, -0.25) is 14.9 Å². The Bertz CT molecular complexity index is 1260. The Kier molecular flexibility index (Phi) is 5.17. The van der Waals surface area contributed by atoms with E-state index in [2.05, 4.69) is 19.8 Å². The van der Waals surface area contributed by atoms with Crippen molar-refractivity contribution >= 4 is 15.5 Å². The third kappa shape index (κ3) is 4.08. The lowest BCUT2D eigenvalue weighted by Gasteiger charge is -2.23. The van der Waals surface area contributed by atoms with Gasteiger partial charge in [-0.15, -0.1) is 0 Å². The number of anilines is 1. The van der Waals surface area contributed by atoms with Crippen LogP contribution in [0.15, 0.2) is 71.9 Å². The highest BCUT2D eigenvalue weighted by molar-refractivity contribution is 7.92. The van der Waals surface area contributed by atoms with E-state index in [0.717, 1.165) is 48.5 Å². The summed E-state index contributed by atoms with van der Waals surface area (Å²) in [6.07, 6.45) is 5.59. The molecule has 33 heavy (non-hydrogen) atoms. The Morgan fingerprint density at radius 1 is 0.939 bits per heavy atom. The number of benzene rings is 1. The molecule has 1 saturated carbocycles. The standard InChI is InChI=1S/C23H21F3N4O2S/c24-23(25,26)33(31,32)19-6-4-18(5-7-19)29-15-22(9-10-22)30(16-29)14-17-8-12-28-21(13-17)20-3-1-2-11-27-20/h1-8,11-13H,9-10,14-16H2. The van der Waals surface area contributed by atoms with Gasteiger partial charge in [0.1, 0.15) is 0 Å². The number of aromatic nitrogens is 2. The van der Waals surface area contributed by atoms with Crippen molar-refractivity contribution in [2.75, 3.05) is 18.1 Å². The van der Waals surface area contributed by atoms with Crippen LogP contribution in [-0.2, 0) is 16.4 Å². The molecule has 1 aliphatic carbocycles. The zero-order valence-electron chi connectivity index (χ0n) is 17.5. The van der Waals surface area contributed by atoms with Crippen LogP contribution >= 0.6 is 0 Å². The van der Waals surface area contributed by atoms with Gasteiger partial charge in [-0.05, 0) is 66.9 Å². The molecule has 0 N–H and O–H groups in total. The number of nitrogens with zero attached hydrogens (tertiary/aromatic N) is 4. The van der Waals surface area contributed by atoms with Crippen molar-refractivity contribution in [2.45, 2.75) is 35.3 Å². The maximum Gasteiger partial charge on any atom is 0.501 e. The highest BCUT2D eigenvalue weighted by Crippen LogP contribution is 2.48. The van der Waals surface area contributed by atoms with Gasteiger partial charge in [-0.25, -0.2) is 8.42 Å². The van der Waals surface area contributed by atoms with E-state index in [9.17, 15) is 21.6 Å². The molecule has 6 nitrogen and oxygen atoms in total. The van der Waals surface area contributed by atoms with Crippen LogP contribution in [-0.4, -0.2) is 47.5 Å². The van der Waals surface area contributed by atoms with Gasteiger partial charge in [0.2, 0.25) is 0 Å². The Morgan fingerprint density at radius 3 is 2.30 bits per heavy atom. The van der Waals surface area contributed by atoms with Gasteiger partial charge in [0.05, 0.1) is 23.0 Å². The summed E-state index contributed by atoms with van der Waals surface area (Å²) in [5.74, 6) is 0. The zero-order valence-corrected chi connectivity index (χ0v) is 18.4. The first kappa shape index (κ1) is 21.8. The summed E-state index contributed by atoms with van der Waals surface area (Å²) in [4.78, 5) is 12.5. The van der Waals surface area contributed by atoms with Crippen LogP contribution in [0.3, 0.4) is 0 Å². The molecule has 172 valence electrons. The second kappa shape index (κ2) is 7.81. The SMILES string of the molecule is O=S(=O)(c1ccc(N2CN(Cc3ccnc(-c4ccccn4)c3)C3(CC3)C2)cc1)C(F)(F)F. The largest absolute Gasteiger partial charge is 0.501 e. The number of sulfone groups is 1. The first-order valence-corrected chi connectivity index (χ1v) is 11.9. The van der Waals surface area contributed by atoms with Crippen molar-refractivity contribution in [1.82, 2.24) is 14.9 Å². The number of halogens is 3. The number of alkyl halides is 3. The lowest BCUT2D eigenvalue weighted by molar-refractivity contribution is -0.0436. The summed E-state index contributed by atoms with van der Waals surface area (Å²) in [7, 11) is -5.35. The molecule has 10 heteroatoms. The summed E-state index contributed by atoms with van der Waals surface area (Å²) < 4.78 is 61.7. The normalized spacial score (nSPS) is 18.1. The van der Waals surface area contributed by atoms with Crippen LogP contribution in [0.1, 0.15) is 18.4 Å². The van der Waals surface area contributed by atoms with E-state index in [0.29, 0.717) is 18.9 Å². The minimum absolute atomic E-state index is 0.0329. The smallest absolute Gasteiger partial charge is 0.357 e. The first-order chi connectivity index (χ1) is 15.7. The predicted octanol–water partition coefficient (Wildman–Crippen LogP) is 4.25. The van der Waals surface area contributed by atoms with Crippen molar-refractivity contribution in [3.8, 4) is 11.4 Å². The average molecular weight is 475 g/mol. The van der Waals surface area contributed by atoms with E-state index in [1.165, 1.54) is 12.1 Å². The van der Waals surface area contributed by atoms with Gasteiger partial charge in [0.15, 0.2) is 0 Å². The number of hydrogen-bond acceptors (Lipinski definition) is 6. The van der Waals surface area contributed by atoms with Crippen molar-refractivity contribution in [3.63, 3.8) is 0 Å². The van der Waals surface area contributed by atoms with E-state index in [4.69, 9.17) is 0 Å². The van der Waals surface area contributed by atoms with Gasteiger partial charge in [0, 0.05) is 36.7 Å². The van der Waals surface area contributed by atoms with Gasteiger partial charge in [-0.1, -0.05) is 6.07 Å². The minimum Gasteiger partial charge on any atom is -0.357 e. The summed E-state index contributed by atoms with van der Waals surface area (Å²) in [5.41, 5.74) is -1.87. The van der Waals surface area contributed by atoms with E-state index >= 15 is 0 Å². The van der Waals surface area contributed by atoms with Gasteiger partial charge in [-0.2, -0.15) is 13.2 Å². The number of rotatable bonds is 5. The fraction of sp³-hybridized carbons (Fsp3) is 0.304. The molecule has 3 heterocycles. The second-order valence-corrected chi connectivity index (χ2v) is 10.4. The molecule has 2 aromatic heterocycles. The maximum atomic E-state index is 12.8. The Hall–Kier alpha value is -2.98. The molecule has 1 aliphatic heterocycles. The predicted molar refractivity (Wildman–Crippen MR) is 117 cm³/mol. The topological polar surface area (TPSA) is 66.4 Å². The van der Waals surface area contributed by atoms with Crippen LogP contribution in [0.25, 0.3) is 11.4 Å². The number of hydrogen-bond donors (Lipinski definition) is 0. The van der Waals surface area contributed by atoms with Crippen LogP contribution in [0.5, 0.6) is 0 Å². The fourth-order valence-electron chi connectivity index (χ4n) is 4.29. The quantitative estimate of drug-likeness (QED) is 0.551. The highest BCUT2D eigenvalue weighted by Gasteiger charge is 2.53. The summed E-state index contributed by atoms with van der Waals surface area (Å²) in [5, 5.41) is 0. The molecule has 1 spiro atoms. The van der Waals surface area contributed by atoms with Gasteiger partial charge >= 0.3 is 5.51 Å². The molecule has 0 bridgehead atoms. The molecule has 0 amide bonds. The summed E-state index contributed by atoms with van der Waals surface area (Å²) in [6.45, 7) is 2.06. The van der Waals surface area contributed by atoms with E-state index in [1.807, 2.05) is 30.3 Å². The van der Waals surface area contributed by atoms with Gasteiger partial charge in [0.25, 0.3) is 9.84 Å². The molecular weight excluding hydrogens is 453 g/mol. The third-order valence-corrected chi connectivity index (χ3v) is 7.77. The molecule has 0 unspecified atom stereocenters. The fourth-order valence-corrected chi connectivity index (χ4v) is 5.05. The van der Waals surface area contributed by atoms with Gasteiger partial charge < -0.3 is 4.90 Å². The van der Waals surface area contributed by atoms with E-state index < -0.39 is 20.2 Å². The molecule has 1 saturated heterocycles. The Labute approximate surface area is 189 Å². The molecule has 0 atom stereocenters. The maximum absolute atomic E-state index is 12.8. The molecule has 2 aliphatic rings. The molecule has 2 fully saturated rings. The Morgan fingerprint density at radius 2 is 1.67 bits per heavy atom. The van der Waals surface area contributed by atoms with Crippen molar-refractivity contribution < 1.29 is 21.6 Å². The average Bonchev–Trinajstić information content (AvgIpc) is 3.50. The first-order valence-electron chi connectivity index (χ1n) is 10.5. The highest BCUT2D eigenvalue weighted by atomic mass is 32.2. The molecule has 1 aromatic carbocycles. The summed E-state index contributed by atoms with van der Waals surface area (Å²) in [6, 6.07) is 14.6. The lowest BCUT2D eigenvalue weighted by atomic mass is 10.1. The van der Waals surface area contributed by atoms with Crippen LogP contribution in [0.2, 0.25) is 0 Å². The number of pyridine rings is 2. The monoisotopic (exact) mass is 474 g/mol. The zero-order chi connectivity index (χ0) is 23.3. The van der Waals surface area contributed by atoms with E-state index in [-0.39, 0.29) is 5.54 Å². The van der Waals surface area contributed by atoms with Crippen LogP contribution in [0, 0.1) is 0 Å². The minimum atomic E-state index is -5.35. The van der Waals surface area contributed by atoms with Crippen molar-refractivity contribution in [1.29, 1.82) is 0 Å². The van der Waals surface area contributed by atoms with E-state index in [1.54, 1.807) is 12.4 Å². The summed E-state index contributed by atoms with van der Waals surface area (Å²) >= 11 is 0.